The van der Waals surface area contributed by atoms with Gasteiger partial charge in [0.1, 0.15) is 5.58 Å². The second kappa shape index (κ2) is 13.6. The number of rotatable bonds is 4. The van der Waals surface area contributed by atoms with Gasteiger partial charge in [0.25, 0.3) is 0 Å². The van der Waals surface area contributed by atoms with Gasteiger partial charge in [-0.05, 0) is 24.2 Å². The number of aryl methyl sites for hydroxylation is 1. The molecule has 0 aliphatic carbocycles. The predicted octanol–water partition coefficient (Wildman–Crippen LogP) is 9.43. The third kappa shape index (κ3) is 6.34. The Labute approximate surface area is 279 Å². The topological polar surface area (TPSA) is 64.7 Å². The van der Waals surface area contributed by atoms with Gasteiger partial charge in [-0.1, -0.05) is 83.7 Å². The van der Waals surface area contributed by atoms with E-state index in [-0.39, 0.29) is 25.7 Å². The standard InChI is InChI=1S/C28H17N2O.C11H9N2.Ir/c1-3-10-19(11-4-1)24-18-25-26(27(30-24)20-12-5-2-6-13-20)22-15-9-14-21(28(22)31-25)23-16-7-8-17-29-23;1-9-7-12-11(13-8-9)10-5-3-2-4-6-10;/h1-13,15-18H;2-5,7-8H,1H3;/q2*-1;/i;1D3;. The maximum atomic E-state index is 7.19. The minimum Gasteiger partial charge on any atom is -0.500 e. The molecule has 5 nitrogen and oxygen atoms in total. The average Bonchev–Trinajstić information content (AvgIpc) is 3.52. The van der Waals surface area contributed by atoms with E-state index in [1.165, 1.54) is 12.4 Å². The van der Waals surface area contributed by atoms with E-state index in [0.717, 1.165) is 61.3 Å². The van der Waals surface area contributed by atoms with Crippen LogP contribution in [-0.2, 0) is 20.1 Å². The van der Waals surface area contributed by atoms with Gasteiger partial charge in [0.2, 0.25) is 0 Å². The van der Waals surface area contributed by atoms with Gasteiger partial charge in [-0.15, -0.1) is 54.1 Å². The van der Waals surface area contributed by atoms with Crippen molar-refractivity contribution in [2.24, 2.45) is 0 Å². The molecule has 8 rings (SSSR count). The van der Waals surface area contributed by atoms with Gasteiger partial charge in [0, 0.05) is 65.4 Å². The normalized spacial score (nSPS) is 11.9. The fourth-order valence-electron chi connectivity index (χ4n) is 5.02. The number of furan rings is 1. The van der Waals surface area contributed by atoms with Crippen LogP contribution in [0, 0.1) is 19.0 Å². The molecule has 4 aromatic heterocycles. The van der Waals surface area contributed by atoms with Crippen LogP contribution in [-0.4, -0.2) is 19.9 Å². The van der Waals surface area contributed by atoms with E-state index >= 15 is 0 Å². The molecular weight excluding hydrogens is 733 g/mol. The molecule has 8 aromatic rings. The summed E-state index contributed by atoms with van der Waals surface area (Å²) in [5, 5.41) is 2.02. The molecule has 0 unspecified atom stereocenters. The van der Waals surface area contributed by atoms with E-state index in [1.54, 1.807) is 12.3 Å². The Bertz CT molecular complexity index is 2260. The smallest absolute Gasteiger partial charge is 0.125 e. The Morgan fingerprint density at radius 1 is 0.689 bits per heavy atom. The molecule has 0 amide bonds. The summed E-state index contributed by atoms with van der Waals surface area (Å²) in [5.41, 5.74) is 8.08. The van der Waals surface area contributed by atoms with Crippen LogP contribution in [0.25, 0.3) is 67.1 Å². The van der Waals surface area contributed by atoms with Crippen molar-refractivity contribution < 1.29 is 28.6 Å². The number of hydrogen-bond acceptors (Lipinski definition) is 5. The molecule has 0 aliphatic rings. The van der Waals surface area contributed by atoms with Crippen molar-refractivity contribution in [2.45, 2.75) is 6.85 Å². The Morgan fingerprint density at radius 3 is 2.11 bits per heavy atom. The van der Waals surface area contributed by atoms with E-state index in [9.17, 15) is 0 Å². The number of aromatic nitrogens is 4. The minimum atomic E-state index is -2.15. The Hall–Kier alpha value is -5.29. The number of hydrogen-bond donors (Lipinski definition) is 0. The summed E-state index contributed by atoms with van der Waals surface area (Å²) in [6.45, 7) is -2.15. The van der Waals surface area contributed by atoms with Crippen LogP contribution in [0.4, 0.5) is 0 Å². The monoisotopic (exact) mass is 762 g/mol. The Morgan fingerprint density at radius 2 is 1.42 bits per heavy atom. The van der Waals surface area contributed by atoms with E-state index in [0.29, 0.717) is 5.82 Å². The summed E-state index contributed by atoms with van der Waals surface area (Å²) < 4.78 is 28.0. The SMILES string of the molecule is [2H]C([2H])([2H])c1cnc(-c2[c-]cccc2)nc1.[Ir].[c-]1ccc2c(oc3cc(-c4ccccc4)nc(-c4ccccc4)c32)c1-c1ccccn1. The summed E-state index contributed by atoms with van der Waals surface area (Å²) in [6.07, 6.45) is 4.45. The zero-order valence-corrected chi connectivity index (χ0v) is 26.2. The molecule has 0 bridgehead atoms. The van der Waals surface area contributed by atoms with E-state index in [2.05, 4.69) is 51.4 Å². The van der Waals surface area contributed by atoms with Crippen LogP contribution >= 0.6 is 0 Å². The minimum absolute atomic E-state index is 0. The molecule has 219 valence electrons. The number of nitrogens with zero attached hydrogens (tertiary/aromatic N) is 4. The third-order valence-electron chi connectivity index (χ3n) is 7.05. The third-order valence-corrected chi connectivity index (χ3v) is 7.05. The molecule has 0 N–H and O–H groups in total. The van der Waals surface area contributed by atoms with Crippen molar-refractivity contribution >= 4 is 21.9 Å². The van der Waals surface area contributed by atoms with Gasteiger partial charge in [-0.3, -0.25) is 9.97 Å². The predicted molar refractivity (Wildman–Crippen MR) is 175 cm³/mol. The maximum absolute atomic E-state index is 7.19. The van der Waals surface area contributed by atoms with Crippen LogP contribution < -0.4 is 0 Å². The number of pyridine rings is 2. The molecule has 0 atom stereocenters. The van der Waals surface area contributed by atoms with Crippen molar-refractivity contribution in [1.82, 2.24) is 19.9 Å². The molecule has 0 aliphatic heterocycles. The first-order chi connectivity index (χ1) is 23.0. The Kier molecular flexibility index (Phi) is 7.88. The van der Waals surface area contributed by atoms with E-state index in [1.807, 2.05) is 91.0 Å². The van der Waals surface area contributed by atoms with Gasteiger partial charge in [0.05, 0.1) is 22.8 Å². The fourth-order valence-corrected chi connectivity index (χ4v) is 5.02. The molecule has 4 heterocycles. The first-order valence-corrected chi connectivity index (χ1v) is 14.1. The van der Waals surface area contributed by atoms with Crippen LogP contribution in [0.1, 0.15) is 9.68 Å². The summed E-state index contributed by atoms with van der Waals surface area (Å²) >= 11 is 0. The zero-order chi connectivity index (χ0) is 32.2. The molecule has 0 spiro atoms. The van der Waals surface area contributed by atoms with Crippen molar-refractivity contribution in [2.75, 3.05) is 0 Å². The Balaban J connectivity index is 0.000000201. The van der Waals surface area contributed by atoms with E-state index in [4.69, 9.17) is 13.5 Å². The summed E-state index contributed by atoms with van der Waals surface area (Å²) in [6, 6.07) is 45.9. The quantitative estimate of drug-likeness (QED) is 0.167. The van der Waals surface area contributed by atoms with Gasteiger partial charge in [0.15, 0.2) is 0 Å². The molecular formula is C39H26IrN4O-2. The van der Waals surface area contributed by atoms with Crippen LogP contribution in [0.3, 0.4) is 0 Å². The van der Waals surface area contributed by atoms with E-state index < -0.39 is 6.85 Å². The second-order valence-electron chi connectivity index (χ2n) is 9.95. The van der Waals surface area contributed by atoms with Crippen LogP contribution in [0.15, 0.2) is 144 Å². The molecule has 0 saturated heterocycles. The zero-order valence-electron chi connectivity index (χ0n) is 26.8. The number of fused-ring (bicyclic) bond motifs is 3. The first-order valence-electron chi connectivity index (χ1n) is 15.6. The van der Waals surface area contributed by atoms with Crippen molar-refractivity contribution in [1.29, 1.82) is 0 Å². The van der Waals surface area contributed by atoms with Crippen molar-refractivity contribution in [3.05, 3.63) is 158 Å². The second-order valence-corrected chi connectivity index (χ2v) is 9.95. The van der Waals surface area contributed by atoms with Gasteiger partial charge in [-0.25, -0.2) is 4.98 Å². The van der Waals surface area contributed by atoms with Crippen LogP contribution in [0.5, 0.6) is 0 Å². The largest absolute Gasteiger partial charge is 0.500 e. The molecule has 45 heavy (non-hydrogen) atoms. The first kappa shape index (κ1) is 26.1. The number of benzene rings is 4. The molecule has 1 radical (unpaired) electrons. The summed E-state index contributed by atoms with van der Waals surface area (Å²) in [5.74, 6) is 0.480. The fraction of sp³-hybridized carbons (Fsp3) is 0.0256. The molecule has 6 heteroatoms. The maximum Gasteiger partial charge on any atom is 0.125 e. The molecule has 4 aromatic carbocycles. The van der Waals surface area contributed by atoms with Gasteiger partial charge >= 0.3 is 0 Å². The summed E-state index contributed by atoms with van der Waals surface area (Å²) in [7, 11) is 0. The molecule has 0 fully saturated rings. The molecule has 0 saturated carbocycles. The average molecular weight is 762 g/mol. The van der Waals surface area contributed by atoms with Gasteiger partial charge in [-0.2, -0.15) is 0 Å². The van der Waals surface area contributed by atoms with Crippen molar-refractivity contribution in [3.63, 3.8) is 0 Å². The van der Waals surface area contributed by atoms with Crippen LogP contribution in [0.2, 0.25) is 0 Å². The summed E-state index contributed by atoms with van der Waals surface area (Å²) in [4.78, 5) is 17.6. The van der Waals surface area contributed by atoms with Crippen molar-refractivity contribution in [3.8, 4) is 45.2 Å². The van der Waals surface area contributed by atoms with Gasteiger partial charge < -0.3 is 9.40 Å².